The Morgan fingerprint density at radius 3 is 2.31 bits per heavy atom. The number of methoxy groups -OCH3 is 1. The zero-order chi connectivity index (χ0) is 9.73. The number of hydrogen-bond donors (Lipinski definition) is 0. The minimum Gasteiger partial charge on any atom is -0.378 e. The maximum absolute atomic E-state index is 5.68. The van der Waals surface area contributed by atoms with Crippen LogP contribution in [0.4, 0.5) is 0 Å². The molecule has 0 amide bonds. The molecule has 0 unspecified atom stereocenters. The summed E-state index contributed by atoms with van der Waals surface area (Å²) in [6.07, 6.45) is 9.30. The van der Waals surface area contributed by atoms with Crippen molar-refractivity contribution >= 4 is 0 Å². The summed E-state index contributed by atoms with van der Waals surface area (Å²) in [6.45, 7) is 4.60. The zero-order valence-electron chi connectivity index (χ0n) is 9.44. The third-order valence-electron chi connectivity index (χ3n) is 3.36. The first-order valence-electron chi connectivity index (χ1n) is 5.74. The van der Waals surface area contributed by atoms with Crippen LogP contribution in [0, 0.1) is 5.92 Å². The van der Waals surface area contributed by atoms with E-state index in [-0.39, 0.29) is 5.60 Å². The Bertz CT molecular complexity index is 134. The van der Waals surface area contributed by atoms with Crippen LogP contribution in [0.25, 0.3) is 0 Å². The van der Waals surface area contributed by atoms with Crippen molar-refractivity contribution in [3.63, 3.8) is 0 Å². The lowest BCUT2D eigenvalue weighted by atomic mass is 9.92. The van der Waals surface area contributed by atoms with Crippen molar-refractivity contribution in [2.75, 3.05) is 7.11 Å². The first-order valence-corrected chi connectivity index (χ1v) is 5.74. The first kappa shape index (κ1) is 11.0. The van der Waals surface area contributed by atoms with E-state index in [1.807, 2.05) is 7.11 Å². The molecule has 0 aromatic carbocycles. The molecule has 78 valence electrons. The van der Waals surface area contributed by atoms with E-state index in [2.05, 4.69) is 13.8 Å². The van der Waals surface area contributed by atoms with Crippen molar-refractivity contribution < 1.29 is 4.74 Å². The van der Waals surface area contributed by atoms with Gasteiger partial charge in [-0.3, -0.25) is 0 Å². The zero-order valence-corrected chi connectivity index (χ0v) is 9.44. The lowest BCUT2D eigenvalue weighted by Gasteiger charge is -2.27. The van der Waals surface area contributed by atoms with Gasteiger partial charge in [-0.2, -0.15) is 0 Å². The molecule has 0 N–H and O–H groups in total. The monoisotopic (exact) mass is 184 g/mol. The molecule has 0 bridgehead atoms. The maximum atomic E-state index is 5.68. The van der Waals surface area contributed by atoms with Crippen molar-refractivity contribution in [3.8, 4) is 0 Å². The topological polar surface area (TPSA) is 9.23 Å². The van der Waals surface area contributed by atoms with E-state index in [9.17, 15) is 0 Å². The van der Waals surface area contributed by atoms with E-state index in [1.54, 1.807) is 0 Å². The van der Waals surface area contributed by atoms with Gasteiger partial charge < -0.3 is 4.74 Å². The van der Waals surface area contributed by atoms with Crippen molar-refractivity contribution in [3.05, 3.63) is 0 Å². The van der Waals surface area contributed by atoms with Crippen LogP contribution in [0.5, 0.6) is 0 Å². The summed E-state index contributed by atoms with van der Waals surface area (Å²) in [5, 5.41) is 0. The average molecular weight is 184 g/mol. The molecular weight excluding hydrogens is 160 g/mol. The highest BCUT2D eigenvalue weighted by Crippen LogP contribution is 2.37. The minimum absolute atomic E-state index is 0.273. The Hall–Kier alpha value is -0.0400. The Balaban J connectivity index is 2.23. The van der Waals surface area contributed by atoms with E-state index in [0.717, 1.165) is 5.92 Å². The second-order valence-corrected chi connectivity index (χ2v) is 4.88. The average Bonchev–Trinajstić information content (AvgIpc) is 2.53. The number of ether oxygens (including phenoxy) is 1. The second-order valence-electron chi connectivity index (χ2n) is 4.88. The molecule has 0 atom stereocenters. The summed E-state index contributed by atoms with van der Waals surface area (Å²) in [6, 6.07) is 0. The summed E-state index contributed by atoms with van der Waals surface area (Å²) >= 11 is 0. The van der Waals surface area contributed by atoms with Gasteiger partial charge in [0.15, 0.2) is 0 Å². The van der Waals surface area contributed by atoms with E-state index < -0.39 is 0 Å². The second kappa shape index (κ2) is 4.99. The van der Waals surface area contributed by atoms with Crippen LogP contribution in [-0.4, -0.2) is 12.7 Å². The van der Waals surface area contributed by atoms with Crippen molar-refractivity contribution in [2.45, 2.75) is 64.4 Å². The summed E-state index contributed by atoms with van der Waals surface area (Å²) < 4.78 is 5.68. The lowest BCUT2D eigenvalue weighted by Crippen LogP contribution is -2.27. The third kappa shape index (κ3) is 3.30. The molecule has 0 spiro atoms. The smallest absolute Gasteiger partial charge is 0.0678 e. The molecule has 1 saturated carbocycles. The fourth-order valence-corrected chi connectivity index (χ4v) is 2.41. The molecule has 0 aliphatic heterocycles. The minimum atomic E-state index is 0.273. The fraction of sp³-hybridized carbons (Fsp3) is 1.00. The predicted molar refractivity (Wildman–Crippen MR) is 56.9 cm³/mol. The van der Waals surface area contributed by atoms with Crippen LogP contribution < -0.4 is 0 Å². The van der Waals surface area contributed by atoms with Gasteiger partial charge in [-0.1, -0.05) is 39.5 Å². The Morgan fingerprint density at radius 1 is 1.23 bits per heavy atom. The number of rotatable bonds is 5. The summed E-state index contributed by atoms with van der Waals surface area (Å²) in [5.41, 5.74) is 0.273. The highest BCUT2D eigenvalue weighted by Gasteiger charge is 2.32. The van der Waals surface area contributed by atoms with E-state index in [1.165, 1.54) is 44.9 Å². The SMILES string of the molecule is COC1(CCCC(C)C)CCCC1. The fourth-order valence-electron chi connectivity index (χ4n) is 2.41. The van der Waals surface area contributed by atoms with Gasteiger partial charge in [0.2, 0.25) is 0 Å². The molecule has 1 rings (SSSR count). The van der Waals surface area contributed by atoms with Gasteiger partial charge >= 0.3 is 0 Å². The van der Waals surface area contributed by atoms with Crippen molar-refractivity contribution in [2.24, 2.45) is 5.92 Å². The van der Waals surface area contributed by atoms with Crippen LogP contribution >= 0.6 is 0 Å². The normalized spacial score (nSPS) is 21.2. The Kier molecular flexibility index (Phi) is 4.24. The molecular formula is C12H24O. The molecule has 0 heterocycles. The van der Waals surface area contributed by atoms with Gasteiger partial charge in [0, 0.05) is 7.11 Å². The maximum Gasteiger partial charge on any atom is 0.0678 e. The van der Waals surface area contributed by atoms with Gasteiger partial charge in [-0.05, 0) is 25.2 Å². The molecule has 0 aromatic rings. The molecule has 1 nitrogen and oxygen atoms in total. The van der Waals surface area contributed by atoms with E-state index in [4.69, 9.17) is 4.74 Å². The van der Waals surface area contributed by atoms with Crippen LogP contribution in [0.2, 0.25) is 0 Å². The molecule has 1 heteroatoms. The highest BCUT2D eigenvalue weighted by atomic mass is 16.5. The molecule has 0 aromatic heterocycles. The van der Waals surface area contributed by atoms with E-state index >= 15 is 0 Å². The van der Waals surface area contributed by atoms with Crippen LogP contribution in [0.1, 0.15) is 58.8 Å². The van der Waals surface area contributed by atoms with Crippen molar-refractivity contribution in [1.29, 1.82) is 0 Å². The first-order chi connectivity index (χ1) is 6.18. The molecule has 1 fully saturated rings. The molecule has 0 radical (unpaired) electrons. The van der Waals surface area contributed by atoms with Crippen molar-refractivity contribution in [1.82, 2.24) is 0 Å². The predicted octanol–water partition coefficient (Wildman–Crippen LogP) is 3.77. The largest absolute Gasteiger partial charge is 0.378 e. The summed E-state index contributed by atoms with van der Waals surface area (Å²) in [7, 11) is 1.89. The quantitative estimate of drug-likeness (QED) is 0.632. The van der Waals surface area contributed by atoms with Gasteiger partial charge in [0.05, 0.1) is 5.60 Å². The Labute approximate surface area is 82.9 Å². The van der Waals surface area contributed by atoms with Crippen LogP contribution in [-0.2, 0) is 4.74 Å². The molecule has 0 saturated heterocycles. The third-order valence-corrected chi connectivity index (χ3v) is 3.36. The summed E-state index contributed by atoms with van der Waals surface area (Å²) in [5.74, 6) is 0.843. The van der Waals surface area contributed by atoms with Gasteiger partial charge in [0.25, 0.3) is 0 Å². The standard InChI is InChI=1S/C12H24O/c1-11(2)7-6-10-12(13-3)8-4-5-9-12/h11H,4-10H2,1-3H3. The van der Waals surface area contributed by atoms with Gasteiger partial charge in [0.1, 0.15) is 0 Å². The Morgan fingerprint density at radius 2 is 1.85 bits per heavy atom. The molecule has 1 aliphatic carbocycles. The van der Waals surface area contributed by atoms with Gasteiger partial charge in [-0.25, -0.2) is 0 Å². The van der Waals surface area contributed by atoms with Crippen LogP contribution in [0.3, 0.4) is 0 Å². The van der Waals surface area contributed by atoms with Crippen LogP contribution in [0.15, 0.2) is 0 Å². The molecule has 1 aliphatic rings. The van der Waals surface area contributed by atoms with E-state index in [0.29, 0.717) is 0 Å². The van der Waals surface area contributed by atoms with Gasteiger partial charge in [-0.15, -0.1) is 0 Å². The lowest BCUT2D eigenvalue weighted by molar-refractivity contribution is -0.0136. The molecule has 13 heavy (non-hydrogen) atoms. The number of hydrogen-bond acceptors (Lipinski definition) is 1. The summed E-state index contributed by atoms with van der Waals surface area (Å²) in [4.78, 5) is 0. The highest BCUT2D eigenvalue weighted by molar-refractivity contribution is 4.85.